The van der Waals surface area contributed by atoms with E-state index in [0.717, 1.165) is 18.9 Å². The Morgan fingerprint density at radius 3 is 2.42 bits per heavy atom. The smallest absolute Gasteiger partial charge is 0.337 e. The van der Waals surface area contributed by atoms with Crippen LogP contribution in [-0.4, -0.2) is 74.9 Å². The van der Waals surface area contributed by atoms with Crippen molar-refractivity contribution in [1.29, 1.82) is 5.26 Å². The highest BCUT2D eigenvalue weighted by molar-refractivity contribution is 8.03. The van der Waals surface area contributed by atoms with Gasteiger partial charge in [0, 0.05) is 19.0 Å². The second kappa shape index (κ2) is 11.0. The number of amides is 2. The quantitative estimate of drug-likeness (QED) is 0.470. The van der Waals surface area contributed by atoms with E-state index in [1.807, 2.05) is 0 Å². The van der Waals surface area contributed by atoms with Crippen molar-refractivity contribution in [2.75, 3.05) is 46.3 Å². The Hall–Kier alpha value is -3.36. The maximum absolute atomic E-state index is 12.9. The summed E-state index contributed by atoms with van der Waals surface area (Å²) in [5.74, 6) is -4.34. The van der Waals surface area contributed by atoms with Gasteiger partial charge in [-0.05, 0) is 17.7 Å². The van der Waals surface area contributed by atoms with Crippen molar-refractivity contribution in [3.8, 4) is 6.07 Å². The van der Waals surface area contributed by atoms with Crippen LogP contribution in [0.15, 0.2) is 34.9 Å². The standard InChI is InChI=1S/C22H23N3O7S/c1-30-21(28)14-5-3-13(4-6-14)17-15(11-23)20(24-19(27)18(17)22(29)31-2)33-12-16(26)25-7-9-32-10-8-25/h3-6,17-18H,7-10,12H2,1-2H3,(H,24,27)/t17-,18+/m0/s1. The molecule has 1 N–H and O–H groups in total. The molecule has 2 aliphatic heterocycles. The zero-order valence-electron chi connectivity index (χ0n) is 18.2. The lowest BCUT2D eigenvalue weighted by molar-refractivity contribution is -0.150. The lowest BCUT2D eigenvalue weighted by Gasteiger charge is -2.31. The van der Waals surface area contributed by atoms with Gasteiger partial charge in [0.25, 0.3) is 0 Å². The van der Waals surface area contributed by atoms with Gasteiger partial charge < -0.3 is 24.4 Å². The predicted molar refractivity (Wildman–Crippen MR) is 117 cm³/mol. The molecule has 0 radical (unpaired) electrons. The first-order chi connectivity index (χ1) is 15.9. The molecule has 11 heteroatoms. The summed E-state index contributed by atoms with van der Waals surface area (Å²) in [5, 5.41) is 12.7. The van der Waals surface area contributed by atoms with Crippen molar-refractivity contribution >= 4 is 35.5 Å². The van der Waals surface area contributed by atoms with Crippen LogP contribution in [0.1, 0.15) is 21.8 Å². The van der Waals surface area contributed by atoms with E-state index in [9.17, 15) is 24.4 Å². The zero-order valence-corrected chi connectivity index (χ0v) is 19.0. The Kier molecular flexibility index (Phi) is 8.08. The SMILES string of the molecule is COC(=O)c1ccc([C@H]2C(C#N)=C(SCC(=O)N3CCOCC3)NC(=O)[C@@H]2C(=O)OC)cc1. The summed E-state index contributed by atoms with van der Waals surface area (Å²) < 4.78 is 14.8. The van der Waals surface area contributed by atoms with Gasteiger partial charge in [0.15, 0.2) is 0 Å². The molecule has 1 aromatic carbocycles. The molecule has 2 atom stereocenters. The average Bonchev–Trinajstić information content (AvgIpc) is 2.86. The molecule has 0 bridgehead atoms. The maximum atomic E-state index is 12.9. The monoisotopic (exact) mass is 473 g/mol. The molecule has 3 rings (SSSR count). The van der Waals surface area contributed by atoms with Crippen LogP contribution in [0.4, 0.5) is 0 Å². The first-order valence-electron chi connectivity index (χ1n) is 10.1. The Morgan fingerprint density at radius 1 is 1.18 bits per heavy atom. The van der Waals surface area contributed by atoms with Crippen LogP contribution in [-0.2, 0) is 28.6 Å². The predicted octanol–water partition coefficient (Wildman–Crippen LogP) is 0.803. The van der Waals surface area contributed by atoms with Gasteiger partial charge in [-0.3, -0.25) is 14.4 Å². The molecular weight excluding hydrogens is 450 g/mol. The molecule has 0 spiro atoms. The van der Waals surface area contributed by atoms with E-state index in [-0.39, 0.29) is 27.8 Å². The van der Waals surface area contributed by atoms with Crippen LogP contribution in [0.5, 0.6) is 0 Å². The number of morpholine rings is 1. The molecule has 2 amide bonds. The van der Waals surface area contributed by atoms with E-state index < -0.39 is 29.7 Å². The van der Waals surface area contributed by atoms with Crippen molar-refractivity contribution in [3.63, 3.8) is 0 Å². The number of hydrogen-bond acceptors (Lipinski definition) is 9. The number of methoxy groups -OCH3 is 2. The Morgan fingerprint density at radius 2 is 1.85 bits per heavy atom. The summed E-state index contributed by atoms with van der Waals surface area (Å²) in [6, 6.07) is 8.19. The molecular formula is C22H23N3O7S. The summed E-state index contributed by atoms with van der Waals surface area (Å²) in [4.78, 5) is 51.3. The molecule has 1 saturated heterocycles. The molecule has 174 valence electrons. The third-order valence-electron chi connectivity index (χ3n) is 5.38. The van der Waals surface area contributed by atoms with Crippen LogP contribution in [0, 0.1) is 17.2 Å². The van der Waals surface area contributed by atoms with Crippen molar-refractivity contribution in [3.05, 3.63) is 46.0 Å². The van der Waals surface area contributed by atoms with Crippen LogP contribution < -0.4 is 5.32 Å². The van der Waals surface area contributed by atoms with E-state index in [2.05, 4.69) is 11.4 Å². The molecule has 1 fully saturated rings. The normalized spacial score (nSPS) is 20.5. The van der Waals surface area contributed by atoms with Crippen LogP contribution >= 0.6 is 11.8 Å². The fraction of sp³-hybridized carbons (Fsp3) is 0.409. The number of hydrogen-bond donors (Lipinski definition) is 1. The Labute approximate surface area is 194 Å². The second-order valence-electron chi connectivity index (χ2n) is 7.22. The third-order valence-corrected chi connectivity index (χ3v) is 6.38. The number of nitrogens with zero attached hydrogens (tertiary/aromatic N) is 2. The average molecular weight is 474 g/mol. The number of rotatable bonds is 6. The number of nitriles is 1. The summed E-state index contributed by atoms with van der Waals surface area (Å²) in [5.41, 5.74) is 0.891. The second-order valence-corrected chi connectivity index (χ2v) is 8.20. The highest BCUT2D eigenvalue weighted by Gasteiger charge is 2.44. The molecule has 33 heavy (non-hydrogen) atoms. The molecule has 0 unspecified atom stereocenters. The molecule has 0 saturated carbocycles. The van der Waals surface area contributed by atoms with E-state index in [1.54, 1.807) is 17.0 Å². The number of carbonyl (C=O) groups is 4. The van der Waals surface area contributed by atoms with Crippen LogP contribution in [0.2, 0.25) is 0 Å². The zero-order chi connectivity index (χ0) is 24.0. The van der Waals surface area contributed by atoms with Crippen molar-refractivity contribution < 1.29 is 33.4 Å². The van der Waals surface area contributed by atoms with Gasteiger partial charge in [-0.2, -0.15) is 5.26 Å². The van der Waals surface area contributed by atoms with Crippen molar-refractivity contribution in [1.82, 2.24) is 10.2 Å². The summed E-state index contributed by atoms with van der Waals surface area (Å²) in [7, 11) is 2.42. The molecule has 1 aromatic rings. The maximum Gasteiger partial charge on any atom is 0.337 e. The van der Waals surface area contributed by atoms with Crippen LogP contribution in [0.3, 0.4) is 0 Å². The first kappa shape index (κ1) is 24.3. The summed E-state index contributed by atoms with van der Waals surface area (Å²) in [6.45, 7) is 1.89. The fourth-order valence-corrected chi connectivity index (χ4v) is 4.61. The highest BCUT2D eigenvalue weighted by atomic mass is 32.2. The van der Waals surface area contributed by atoms with Gasteiger partial charge in [0.05, 0.1) is 55.4 Å². The third kappa shape index (κ3) is 5.35. The molecule has 0 aliphatic carbocycles. The number of thioether (sulfide) groups is 1. The number of benzene rings is 1. The van der Waals surface area contributed by atoms with E-state index >= 15 is 0 Å². The van der Waals surface area contributed by atoms with Crippen molar-refractivity contribution in [2.45, 2.75) is 5.92 Å². The minimum atomic E-state index is -1.30. The highest BCUT2D eigenvalue weighted by Crippen LogP contribution is 2.40. The number of esters is 2. The lowest BCUT2D eigenvalue weighted by atomic mass is 9.78. The number of nitrogens with one attached hydrogen (secondary N) is 1. The molecule has 10 nitrogen and oxygen atoms in total. The minimum Gasteiger partial charge on any atom is -0.468 e. The Balaban J connectivity index is 1.93. The number of carbonyl (C=O) groups excluding carboxylic acids is 4. The van der Waals surface area contributed by atoms with Crippen LogP contribution in [0.25, 0.3) is 0 Å². The van der Waals surface area contributed by atoms with E-state index in [0.29, 0.717) is 31.9 Å². The van der Waals surface area contributed by atoms with Gasteiger partial charge in [-0.1, -0.05) is 23.9 Å². The lowest BCUT2D eigenvalue weighted by Crippen LogP contribution is -2.45. The van der Waals surface area contributed by atoms with E-state index in [1.165, 1.54) is 19.2 Å². The topological polar surface area (TPSA) is 135 Å². The van der Waals surface area contributed by atoms with Gasteiger partial charge in [0.2, 0.25) is 11.8 Å². The fourth-order valence-electron chi connectivity index (χ4n) is 3.66. The van der Waals surface area contributed by atoms with Gasteiger partial charge in [0.1, 0.15) is 5.92 Å². The molecule has 2 heterocycles. The van der Waals surface area contributed by atoms with Crippen molar-refractivity contribution in [2.24, 2.45) is 5.92 Å². The van der Waals surface area contributed by atoms with Gasteiger partial charge >= 0.3 is 11.9 Å². The van der Waals surface area contributed by atoms with Gasteiger partial charge in [-0.15, -0.1) is 0 Å². The summed E-state index contributed by atoms with van der Waals surface area (Å²) >= 11 is 1.03. The Bertz CT molecular complexity index is 1010. The van der Waals surface area contributed by atoms with E-state index in [4.69, 9.17) is 14.2 Å². The molecule has 0 aromatic heterocycles. The number of allylic oxidation sites excluding steroid dienone is 1. The minimum absolute atomic E-state index is 0.0116. The molecule has 2 aliphatic rings. The first-order valence-corrected chi connectivity index (χ1v) is 11.1. The largest absolute Gasteiger partial charge is 0.468 e. The number of ether oxygens (including phenoxy) is 3. The summed E-state index contributed by atoms with van der Waals surface area (Å²) in [6.07, 6.45) is 0. The van der Waals surface area contributed by atoms with Gasteiger partial charge in [-0.25, -0.2) is 4.79 Å².